The van der Waals surface area contributed by atoms with Gasteiger partial charge in [-0.1, -0.05) is 6.92 Å². The molecule has 1 atom stereocenters. The highest BCUT2D eigenvalue weighted by Crippen LogP contribution is 2.23. The zero-order chi connectivity index (χ0) is 14.0. The van der Waals surface area contributed by atoms with E-state index in [0.29, 0.717) is 19.6 Å². The fraction of sp³-hybridized carbons (Fsp3) is 0.600. The molecule has 1 fully saturated rings. The van der Waals surface area contributed by atoms with Gasteiger partial charge in [-0.15, -0.1) is 0 Å². The predicted octanol–water partition coefficient (Wildman–Crippen LogP) is -0.0926. The average molecular weight is 289 g/mol. The molecule has 0 aromatic carbocycles. The third-order valence-electron chi connectivity index (χ3n) is 3.05. The van der Waals surface area contributed by atoms with Crippen LogP contribution in [0.1, 0.15) is 23.7 Å². The van der Waals surface area contributed by atoms with E-state index >= 15 is 0 Å². The minimum atomic E-state index is -3.90. The quantitative estimate of drug-likeness (QED) is 0.801. The van der Waals surface area contributed by atoms with Gasteiger partial charge in [0.15, 0.2) is 5.03 Å². The third-order valence-corrected chi connectivity index (χ3v) is 4.97. The number of aromatic amines is 1. The minimum Gasteiger partial charge on any atom is -0.478 e. The molecule has 0 amide bonds. The molecule has 2 N–H and O–H groups in total. The number of sulfonamides is 1. The normalized spacial score (nSPS) is 21.4. The van der Waals surface area contributed by atoms with Crippen molar-refractivity contribution < 1.29 is 23.1 Å². The van der Waals surface area contributed by atoms with Crippen LogP contribution in [0.3, 0.4) is 0 Å². The van der Waals surface area contributed by atoms with Gasteiger partial charge in [0, 0.05) is 12.6 Å². The van der Waals surface area contributed by atoms with Crippen LogP contribution in [-0.2, 0) is 14.8 Å². The number of nitrogens with one attached hydrogen (secondary N) is 1. The summed E-state index contributed by atoms with van der Waals surface area (Å²) < 4.78 is 31.5. The average Bonchev–Trinajstić information content (AvgIpc) is 2.88. The first kappa shape index (κ1) is 14.0. The Morgan fingerprint density at radius 1 is 1.68 bits per heavy atom. The molecule has 106 valence electrons. The van der Waals surface area contributed by atoms with Crippen LogP contribution in [0, 0.1) is 0 Å². The number of carboxylic acids is 1. The minimum absolute atomic E-state index is 0.207. The van der Waals surface area contributed by atoms with E-state index in [9.17, 15) is 13.2 Å². The molecular weight excluding hydrogens is 274 g/mol. The van der Waals surface area contributed by atoms with E-state index in [-0.39, 0.29) is 23.2 Å². The topological polar surface area (TPSA) is 113 Å². The molecule has 0 radical (unpaired) electrons. The van der Waals surface area contributed by atoms with Gasteiger partial charge in [0.05, 0.1) is 19.4 Å². The summed E-state index contributed by atoms with van der Waals surface area (Å²) in [6.45, 7) is 2.67. The van der Waals surface area contributed by atoms with Crippen LogP contribution in [0.5, 0.6) is 0 Å². The second-order valence-corrected chi connectivity index (χ2v) is 6.00. The van der Waals surface area contributed by atoms with Crippen molar-refractivity contribution in [2.24, 2.45) is 0 Å². The monoisotopic (exact) mass is 289 g/mol. The lowest BCUT2D eigenvalue weighted by molar-refractivity contribution is 0.0312. The third kappa shape index (κ3) is 2.48. The lowest BCUT2D eigenvalue weighted by Gasteiger charge is -2.33. The second-order valence-electron chi connectivity index (χ2n) is 4.17. The molecule has 1 aromatic rings. The van der Waals surface area contributed by atoms with E-state index < -0.39 is 16.0 Å². The zero-order valence-electron chi connectivity index (χ0n) is 10.4. The zero-order valence-corrected chi connectivity index (χ0v) is 11.2. The van der Waals surface area contributed by atoms with Crippen molar-refractivity contribution in [1.29, 1.82) is 0 Å². The SMILES string of the molecule is CCC1COCCN1S(=O)(=O)c1[nH]ncc1C(=O)O. The summed E-state index contributed by atoms with van der Waals surface area (Å²) in [6.07, 6.45) is 1.59. The molecule has 2 heterocycles. The summed E-state index contributed by atoms with van der Waals surface area (Å²) in [6, 6.07) is -0.288. The van der Waals surface area contributed by atoms with Gasteiger partial charge >= 0.3 is 5.97 Å². The molecule has 1 aliphatic rings. The summed E-state index contributed by atoms with van der Waals surface area (Å²) in [5.41, 5.74) is -0.346. The number of hydrogen-bond donors (Lipinski definition) is 2. The van der Waals surface area contributed by atoms with Gasteiger partial charge < -0.3 is 9.84 Å². The lowest BCUT2D eigenvalue weighted by Crippen LogP contribution is -2.48. The number of aromatic nitrogens is 2. The van der Waals surface area contributed by atoms with Gasteiger partial charge in [-0.25, -0.2) is 13.2 Å². The molecule has 19 heavy (non-hydrogen) atoms. The van der Waals surface area contributed by atoms with Gasteiger partial charge in [-0.3, -0.25) is 5.10 Å². The number of ether oxygens (including phenoxy) is 1. The number of H-pyrrole nitrogens is 1. The highest BCUT2D eigenvalue weighted by Gasteiger charge is 2.36. The molecule has 0 aliphatic carbocycles. The van der Waals surface area contributed by atoms with E-state index in [0.717, 1.165) is 6.20 Å². The Hall–Kier alpha value is -1.45. The standard InChI is InChI=1S/C10H15N3O5S/c1-2-7-6-18-4-3-13(7)19(16,17)9-8(10(14)15)5-11-12-9/h5,7H,2-4,6H2,1H3,(H,11,12)(H,14,15). The molecule has 1 unspecified atom stereocenters. The molecule has 8 nitrogen and oxygen atoms in total. The van der Waals surface area contributed by atoms with Gasteiger partial charge in [0.25, 0.3) is 10.0 Å². The fourth-order valence-corrected chi connectivity index (χ4v) is 3.76. The molecule has 9 heteroatoms. The largest absolute Gasteiger partial charge is 0.478 e. The number of carbonyl (C=O) groups is 1. The smallest absolute Gasteiger partial charge is 0.340 e. The van der Waals surface area contributed by atoms with Gasteiger partial charge in [0.1, 0.15) is 5.56 Å². The Kier molecular flexibility index (Phi) is 3.88. The number of rotatable bonds is 4. The van der Waals surface area contributed by atoms with Crippen LogP contribution in [0.2, 0.25) is 0 Å². The highest BCUT2D eigenvalue weighted by atomic mass is 32.2. The molecule has 1 saturated heterocycles. The van der Waals surface area contributed by atoms with Crippen LogP contribution < -0.4 is 0 Å². The van der Waals surface area contributed by atoms with E-state index in [1.807, 2.05) is 6.92 Å². The van der Waals surface area contributed by atoms with Crippen molar-refractivity contribution in [3.63, 3.8) is 0 Å². The molecule has 0 spiro atoms. The Morgan fingerprint density at radius 2 is 2.42 bits per heavy atom. The van der Waals surface area contributed by atoms with Gasteiger partial charge in [-0.05, 0) is 6.42 Å². The first-order chi connectivity index (χ1) is 8.98. The molecule has 1 aliphatic heterocycles. The van der Waals surface area contributed by atoms with E-state index in [2.05, 4.69) is 10.2 Å². The van der Waals surface area contributed by atoms with Crippen molar-refractivity contribution >= 4 is 16.0 Å². The molecular formula is C10H15N3O5S. The van der Waals surface area contributed by atoms with Gasteiger partial charge in [0.2, 0.25) is 0 Å². The maximum Gasteiger partial charge on any atom is 0.340 e. The van der Waals surface area contributed by atoms with Crippen LogP contribution in [0.15, 0.2) is 11.2 Å². The number of carboxylic acid groups (broad SMARTS) is 1. The first-order valence-corrected chi connectivity index (χ1v) is 7.28. The summed E-state index contributed by atoms with van der Waals surface area (Å²) in [5.74, 6) is -1.33. The fourth-order valence-electron chi connectivity index (χ4n) is 2.02. The Balaban J connectivity index is 2.41. The number of hydrogen-bond acceptors (Lipinski definition) is 5. The lowest BCUT2D eigenvalue weighted by atomic mass is 10.2. The Bertz CT molecular complexity index is 567. The van der Waals surface area contributed by atoms with E-state index in [1.165, 1.54) is 4.31 Å². The van der Waals surface area contributed by atoms with Crippen molar-refractivity contribution in [1.82, 2.24) is 14.5 Å². The van der Waals surface area contributed by atoms with Crippen LogP contribution in [0.4, 0.5) is 0 Å². The molecule has 1 aromatic heterocycles. The molecule has 0 bridgehead atoms. The Morgan fingerprint density at radius 3 is 3.05 bits per heavy atom. The van der Waals surface area contributed by atoms with E-state index in [1.54, 1.807) is 0 Å². The maximum atomic E-state index is 12.5. The van der Waals surface area contributed by atoms with Crippen LogP contribution in [-0.4, -0.2) is 59.8 Å². The second kappa shape index (κ2) is 5.27. The predicted molar refractivity (Wildman–Crippen MR) is 64.3 cm³/mol. The summed E-state index contributed by atoms with van der Waals surface area (Å²) >= 11 is 0. The highest BCUT2D eigenvalue weighted by molar-refractivity contribution is 7.89. The van der Waals surface area contributed by atoms with Crippen LogP contribution in [0.25, 0.3) is 0 Å². The van der Waals surface area contributed by atoms with Crippen molar-refractivity contribution in [3.8, 4) is 0 Å². The van der Waals surface area contributed by atoms with Crippen molar-refractivity contribution in [2.45, 2.75) is 24.4 Å². The molecule has 2 rings (SSSR count). The number of morpholine rings is 1. The number of aromatic carboxylic acids is 1. The maximum absolute atomic E-state index is 12.5. The van der Waals surface area contributed by atoms with Crippen molar-refractivity contribution in [3.05, 3.63) is 11.8 Å². The Labute approximate surface area is 110 Å². The van der Waals surface area contributed by atoms with Crippen LogP contribution >= 0.6 is 0 Å². The summed E-state index contributed by atoms with van der Waals surface area (Å²) in [4.78, 5) is 11.0. The van der Waals surface area contributed by atoms with Gasteiger partial charge in [-0.2, -0.15) is 9.40 Å². The van der Waals surface area contributed by atoms with Crippen molar-refractivity contribution in [2.75, 3.05) is 19.8 Å². The summed E-state index contributed by atoms with van der Waals surface area (Å²) in [5, 5.41) is 14.4. The van der Waals surface area contributed by atoms with E-state index in [4.69, 9.17) is 9.84 Å². The first-order valence-electron chi connectivity index (χ1n) is 5.84. The summed E-state index contributed by atoms with van der Waals surface area (Å²) in [7, 11) is -3.90. The number of nitrogens with zero attached hydrogens (tertiary/aromatic N) is 2. The molecule has 0 saturated carbocycles.